The highest BCUT2D eigenvalue weighted by atomic mass is 35.5. The molecule has 1 atom stereocenters. The van der Waals surface area contributed by atoms with Crippen LogP contribution in [0.2, 0.25) is 0 Å². The first-order valence-electron chi connectivity index (χ1n) is 7.03. The maximum absolute atomic E-state index is 7.94. The van der Waals surface area contributed by atoms with Crippen LogP contribution in [0.15, 0.2) is 35.2 Å². The van der Waals surface area contributed by atoms with Crippen molar-refractivity contribution in [2.75, 3.05) is 18.8 Å². The maximum atomic E-state index is 7.94. The summed E-state index contributed by atoms with van der Waals surface area (Å²) in [6.45, 7) is 1.52. The van der Waals surface area contributed by atoms with Crippen LogP contribution in [0, 0.1) is 0 Å². The van der Waals surface area contributed by atoms with E-state index in [2.05, 4.69) is 9.89 Å². The first kappa shape index (κ1) is 6.16. The highest BCUT2D eigenvalue weighted by Gasteiger charge is 2.29. The Hall–Kier alpha value is -0.670. The highest BCUT2D eigenvalue weighted by molar-refractivity contribution is 8.14. The van der Waals surface area contributed by atoms with Gasteiger partial charge in [-0.2, -0.15) is 0 Å². The van der Waals surface area contributed by atoms with E-state index in [1.807, 2.05) is 0 Å². The van der Waals surface area contributed by atoms with Crippen molar-refractivity contribution in [3.8, 4) is 0 Å². The van der Waals surface area contributed by atoms with E-state index in [0.29, 0.717) is 12.1 Å². The molecule has 0 bridgehead atoms. The van der Waals surface area contributed by atoms with Crippen LogP contribution in [0.25, 0.3) is 0 Å². The van der Waals surface area contributed by atoms with Crippen LogP contribution in [-0.2, 0) is 0 Å². The van der Waals surface area contributed by atoms with Crippen molar-refractivity contribution in [1.82, 2.24) is 4.90 Å². The predicted molar refractivity (Wildman–Crippen MR) is 67.9 cm³/mol. The minimum absolute atomic E-state index is 0. The summed E-state index contributed by atoms with van der Waals surface area (Å²) in [7, 11) is 0. The van der Waals surface area contributed by atoms with E-state index >= 15 is 0 Å². The van der Waals surface area contributed by atoms with Gasteiger partial charge in [-0.05, 0) is 5.56 Å². The molecule has 2 heterocycles. The Morgan fingerprint density at radius 1 is 1.40 bits per heavy atom. The number of hydrogen-bond acceptors (Lipinski definition) is 3. The molecule has 1 aromatic carbocycles. The molecule has 1 saturated heterocycles. The Morgan fingerprint density at radius 2 is 2.20 bits per heavy atom. The Bertz CT molecular complexity index is 566. The Morgan fingerprint density at radius 3 is 2.93 bits per heavy atom. The Balaban J connectivity index is 0.00000147. The number of benzene rings is 1. The van der Waals surface area contributed by atoms with E-state index in [-0.39, 0.29) is 48.7 Å². The van der Waals surface area contributed by atoms with Crippen molar-refractivity contribution in [3.63, 3.8) is 0 Å². The number of amidine groups is 1. The monoisotopic (exact) mass is 245 g/mol. The molecular weight excluding hydrogens is 228 g/mol. The molecule has 2 aliphatic rings. The highest BCUT2D eigenvalue weighted by Crippen LogP contribution is 2.31. The molecule has 80 valence electrons. The van der Waals surface area contributed by atoms with E-state index in [1.165, 1.54) is 0 Å². The summed E-state index contributed by atoms with van der Waals surface area (Å²) < 4.78 is 38.8. The van der Waals surface area contributed by atoms with Crippen molar-refractivity contribution in [2.45, 2.75) is 6.04 Å². The van der Waals surface area contributed by atoms with Gasteiger partial charge in [0.15, 0.2) is 5.17 Å². The minimum atomic E-state index is -0.350. The summed E-state index contributed by atoms with van der Waals surface area (Å²) in [6, 6.07) is -1.53. The zero-order valence-corrected chi connectivity index (χ0v) is 9.54. The average molecular weight is 246 g/mol. The number of rotatable bonds is 1. The van der Waals surface area contributed by atoms with Crippen molar-refractivity contribution in [2.24, 2.45) is 4.99 Å². The summed E-state index contributed by atoms with van der Waals surface area (Å²) in [4.78, 5) is 6.60. The van der Waals surface area contributed by atoms with Gasteiger partial charge in [-0.1, -0.05) is 42.0 Å². The van der Waals surface area contributed by atoms with Crippen molar-refractivity contribution in [1.29, 1.82) is 0 Å². The summed E-state index contributed by atoms with van der Waals surface area (Å²) in [6.07, 6.45) is 0. The van der Waals surface area contributed by atoms with Crippen LogP contribution in [0.1, 0.15) is 18.5 Å². The Labute approximate surface area is 107 Å². The lowest BCUT2D eigenvalue weighted by atomic mass is 10.1. The molecule has 0 aromatic heterocycles. The normalized spacial score (nSPS) is 28.0. The van der Waals surface area contributed by atoms with Crippen molar-refractivity contribution >= 4 is 29.3 Å². The zero-order chi connectivity index (χ0) is 13.7. The third-order valence-electron chi connectivity index (χ3n) is 2.38. The molecule has 1 aromatic rings. The summed E-state index contributed by atoms with van der Waals surface area (Å²) >= 11 is 1.66. The molecule has 0 saturated carbocycles. The molecule has 3 rings (SSSR count). The van der Waals surface area contributed by atoms with E-state index in [4.69, 9.17) is 6.85 Å². The maximum Gasteiger partial charge on any atom is 0.160 e. The summed E-state index contributed by atoms with van der Waals surface area (Å²) in [5.74, 6) is 1.01. The number of halogens is 1. The van der Waals surface area contributed by atoms with Crippen LogP contribution in [-0.4, -0.2) is 28.9 Å². The topological polar surface area (TPSA) is 15.6 Å². The number of thioether (sulfide) groups is 1. The molecule has 15 heavy (non-hydrogen) atoms. The van der Waals surface area contributed by atoms with Gasteiger partial charge in [0.05, 0.1) is 12.9 Å². The fourth-order valence-corrected chi connectivity index (χ4v) is 2.73. The number of aliphatic imine (C=N–C) groups is 1. The third-order valence-corrected chi connectivity index (χ3v) is 3.38. The molecule has 4 heteroatoms. The van der Waals surface area contributed by atoms with Crippen LogP contribution >= 0.6 is 24.2 Å². The van der Waals surface area contributed by atoms with E-state index in [1.54, 1.807) is 11.8 Å². The van der Waals surface area contributed by atoms with Crippen LogP contribution in [0.3, 0.4) is 0 Å². The molecule has 1 fully saturated rings. The summed E-state index contributed by atoms with van der Waals surface area (Å²) in [5.41, 5.74) is 0.313. The van der Waals surface area contributed by atoms with Crippen LogP contribution in [0.5, 0.6) is 0 Å². The molecule has 0 radical (unpaired) electrons. The quantitative estimate of drug-likeness (QED) is 0.756. The smallest absolute Gasteiger partial charge is 0.160 e. The lowest BCUT2D eigenvalue weighted by Gasteiger charge is -2.12. The standard InChI is InChI=1S/C11H12N2S.ClH/c1-2-4-9(5-3-1)10-8-13-6-7-14-11(13)12-10;/h1-5,10H,6-8H2;1H/i1D,2D,3D,4D,5D;. The minimum Gasteiger partial charge on any atom is -0.348 e. The molecule has 0 N–H and O–H groups in total. The third kappa shape index (κ3) is 1.99. The Kier molecular flexibility index (Phi) is 1.83. The number of hydrogen-bond donors (Lipinski definition) is 0. The van der Waals surface area contributed by atoms with E-state index in [0.717, 1.165) is 17.5 Å². The largest absolute Gasteiger partial charge is 0.348 e. The van der Waals surface area contributed by atoms with Gasteiger partial charge in [-0.15, -0.1) is 12.4 Å². The van der Waals surface area contributed by atoms with Crippen LogP contribution in [0.4, 0.5) is 0 Å². The number of fused-ring (bicyclic) bond motifs is 1. The molecule has 0 amide bonds. The molecule has 0 spiro atoms. The van der Waals surface area contributed by atoms with Gasteiger partial charge in [0, 0.05) is 18.8 Å². The van der Waals surface area contributed by atoms with Gasteiger partial charge in [0.2, 0.25) is 0 Å². The molecule has 2 nitrogen and oxygen atoms in total. The van der Waals surface area contributed by atoms with Gasteiger partial charge >= 0.3 is 0 Å². The second-order valence-corrected chi connectivity index (χ2v) is 4.32. The van der Waals surface area contributed by atoms with Gasteiger partial charge in [0.1, 0.15) is 0 Å². The zero-order valence-electron chi connectivity index (χ0n) is 12.9. The van der Waals surface area contributed by atoms with Gasteiger partial charge < -0.3 is 4.90 Å². The lowest BCUT2D eigenvalue weighted by Crippen LogP contribution is -2.21. The lowest BCUT2D eigenvalue weighted by molar-refractivity contribution is 0.464. The molecule has 2 aliphatic heterocycles. The van der Waals surface area contributed by atoms with E-state index < -0.39 is 0 Å². The second-order valence-electron chi connectivity index (χ2n) is 3.26. The predicted octanol–water partition coefficient (Wildman–Crippen LogP) is 2.57. The van der Waals surface area contributed by atoms with Crippen molar-refractivity contribution < 1.29 is 6.85 Å². The first-order valence-corrected chi connectivity index (χ1v) is 5.51. The van der Waals surface area contributed by atoms with E-state index in [9.17, 15) is 0 Å². The van der Waals surface area contributed by atoms with Crippen molar-refractivity contribution in [3.05, 3.63) is 35.8 Å². The van der Waals surface area contributed by atoms with Crippen LogP contribution < -0.4 is 0 Å². The molecular formula is C11H13ClN2S. The van der Waals surface area contributed by atoms with Gasteiger partial charge in [0.25, 0.3) is 0 Å². The second kappa shape index (κ2) is 4.45. The first-order chi connectivity index (χ1) is 9.00. The SMILES string of the molecule is Cl.[2H]c1c([2H])c([2H])c(C2CN3CCSC3=N2)c([2H])c1[2H]. The average Bonchev–Trinajstić information content (AvgIpc) is 2.95. The molecule has 1 unspecified atom stereocenters. The fourth-order valence-electron chi connectivity index (χ4n) is 1.69. The summed E-state index contributed by atoms with van der Waals surface area (Å²) in [5, 5.41) is 0.928. The number of nitrogens with zero attached hydrogens (tertiary/aromatic N) is 2. The van der Waals surface area contributed by atoms with Gasteiger partial charge in [-0.3, -0.25) is 4.99 Å². The molecule has 0 aliphatic carbocycles. The fraction of sp³-hybridized carbons (Fsp3) is 0.364. The van der Waals surface area contributed by atoms with Gasteiger partial charge in [-0.25, -0.2) is 0 Å².